The summed E-state index contributed by atoms with van der Waals surface area (Å²) in [7, 11) is 0. The number of thioether (sulfide) groups is 1. The van der Waals surface area contributed by atoms with E-state index in [4.69, 9.17) is 5.73 Å². The smallest absolute Gasteiger partial charge is 0.222 e. The maximum absolute atomic E-state index is 12.0. The van der Waals surface area contributed by atoms with Crippen LogP contribution in [0.25, 0.3) is 0 Å². The molecule has 1 amide bonds. The van der Waals surface area contributed by atoms with Gasteiger partial charge in [-0.05, 0) is 49.3 Å². The van der Waals surface area contributed by atoms with Crippen molar-refractivity contribution in [2.75, 3.05) is 18.8 Å². The molecule has 118 valence electrons. The zero-order chi connectivity index (χ0) is 14.4. The van der Waals surface area contributed by atoms with Gasteiger partial charge in [-0.25, -0.2) is 0 Å². The van der Waals surface area contributed by atoms with E-state index >= 15 is 0 Å². The Bertz CT molecular complexity index is 436. The van der Waals surface area contributed by atoms with Crippen molar-refractivity contribution in [1.29, 1.82) is 0 Å². The molecule has 0 saturated carbocycles. The Morgan fingerprint density at radius 1 is 1.29 bits per heavy atom. The fourth-order valence-electron chi connectivity index (χ4n) is 2.25. The van der Waals surface area contributed by atoms with Crippen LogP contribution in [0.15, 0.2) is 33.6 Å². The third-order valence-electron chi connectivity index (χ3n) is 3.51. The van der Waals surface area contributed by atoms with Gasteiger partial charge in [0.1, 0.15) is 0 Å². The summed E-state index contributed by atoms with van der Waals surface area (Å²) in [5, 5.41) is 0. The van der Waals surface area contributed by atoms with Gasteiger partial charge in [0.25, 0.3) is 0 Å². The van der Waals surface area contributed by atoms with Crippen LogP contribution in [0, 0.1) is 0 Å². The van der Waals surface area contributed by atoms with Gasteiger partial charge in [0, 0.05) is 34.9 Å². The molecule has 0 aliphatic carbocycles. The van der Waals surface area contributed by atoms with Gasteiger partial charge in [-0.1, -0.05) is 15.9 Å². The lowest BCUT2D eigenvalue weighted by Crippen LogP contribution is -2.42. The maximum atomic E-state index is 12.0. The molecular formula is C15H22BrClN2OS. The maximum Gasteiger partial charge on any atom is 0.222 e. The lowest BCUT2D eigenvalue weighted by atomic mass is 10.1. The van der Waals surface area contributed by atoms with Gasteiger partial charge in [-0.15, -0.1) is 24.2 Å². The molecule has 2 rings (SSSR count). The number of amides is 1. The first-order valence-electron chi connectivity index (χ1n) is 7.07. The third-order valence-corrected chi connectivity index (χ3v) is 5.14. The van der Waals surface area contributed by atoms with Crippen LogP contribution in [0.5, 0.6) is 0 Å². The first-order chi connectivity index (χ1) is 9.65. The van der Waals surface area contributed by atoms with Crippen molar-refractivity contribution in [3.8, 4) is 0 Å². The van der Waals surface area contributed by atoms with Crippen molar-refractivity contribution >= 4 is 46.0 Å². The Morgan fingerprint density at radius 3 is 2.52 bits per heavy atom. The van der Waals surface area contributed by atoms with Crippen LogP contribution >= 0.6 is 40.1 Å². The molecule has 0 aromatic heterocycles. The lowest BCUT2D eigenvalue weighted by molar-refractivity contribution is -0.132. The van der Waals surface area contributed by atoms with E-state index in [1.165, 1.54) is 4.90 Å². The Labute approximate surface area is 145 Å². The third kappa shape index (κ3) is 6.59. The molecule has 0 radical (unpaired) electrons. The van der Waals surface area contributed by atoms with Gasteiger partial charge in [-0.3, -0.25) is 4.79 Å². The highest BCUT2D eigenvalue weighted by molar-refractivity contribution is 9.10. The van der Waals surface area contributed by atoms with Gasteiger partial charge in [0.15, 0.2) is 0 Å². The van der Waals surface area contributed by atoms with E-state index in [1.807, 2.05) is 17.0 Å². The predicted molar refractivity (Wildman–Crippen MR) is 95.1 cm³/mol. The number of likely N-dealkylation sites (tertiary alicyclic amines) is 1. The molecule has 1 aromatic carbocycles. The minimum absolute atomic E-state index is 0. The fraction of sp³-hybridized carbons (Fsp3) is 0.533. The summed E-state index contributed by atoms with van der Waals surface area (Å²) in [6, 6.07) is 8.58. The van der Waals surface area contributed by atoms with Gasteiger partial charge >= 0.3 is 0 Å². The number of benzene rings is 1. The Hall–Kier alpha value is -0.230. The van der Waals surface area contributed by atoms with Crippen molar-refractivity contribution in [1.82, 2.24) is 4.90 Å². The average molecular weight is 394 g/mol. The van der Waals surface area contributed by atoms with Crippen LogP contribution < -0.4 is 5.73 Å². The molecule has 0 bridgehead atoms. The molecule has 1 fully saturated rings. The first-order valence-corrected chi connectivity index (χ1v) is 8.85. The molecule has 0 unspecified atom stereocenters. The second-order valence-corrected chi connectivity index (χ2v) is 7.21. The number of hydrogen-bond acceptors (Lipinski definition) is 3. The molecule has 21 heavy (non-hydrogen) atoms. The van der Waals surface area contributed by atoms with E-state index < -0.39 is 0 Å². The monoisotopic (exact) mass is 392 g/mol. The van der Waals surface area contributed by atoms with Gasteiger partial charge < -0.3 is 10.6 Å². The summed E-state index contributed by atoms with van der Waals surface area (Å²) < 4.78 is 1.10. The minimum atomic E-state index is 0. The van der Waals surface area contributed by atoms with E-state index in [0.717, 1.165) is 42.6 Å². The Morgan fingerprint density at radius 2 is 1.90 bits per heavy atom. The zero-order valence-corrected chi connectivity index (χ0v) is 15.2. The molecule has 1 aromatic rings. The van der Waals surface area contributed by atoms with Crippen LogP contribution in [-0.4, -0.2) is 35.7 Å². The molecule has 1 aliphatic rings. The van der Waals surface area contributed by atoms with Crippen molar-refractivity contribution in [2.45, 2.75) is 36.6 Å². The van der Waals surface area contributed by atoms with Crippen LogP contribution in [-0.2, 0) is 4.79 Å². The number of rotatable bonds is 5. The fourth-order valence-corrected chi connectivity index (χ4v) is 3.37. The predicted octanol–water partition coefficient (Wildman–Crippen LogP) is 3.69. The summed E-state index contributed by atoms with van der Waals surface area (Å²) in [6.45, 7) is 1.67. The van der Waals surface area contributed by atoms with Crippen LogP contribution in [0.3, 0.4) is 0 Å². The van der Waals surface area contributed by atoms with E-state index in [0.29, 0.717) is 6.42 Å². The second kappa shape index (κ2) is 9.72. The summed E-state index contributed by atoms with van der Waals surface area (Å²) >= 11 is 5.23. The molecule has 3 nitrogen and oxygen atoms in total. The van der Waals surface area contributed by atoms with E-state index in [2.05, 4.69) is 28.1 Å². The standard InChI is InChI=1S/C15H21BrN2OS.ClH/c16-12-3-5-14(6-4-12)20-11-1-2-15(19)18-9-7-13(17)8-10-18;/h3-6,13H,1-2,7-11,17H2;1H. The quantitative estimate of drug-likeness (QED) is 0.613. The van der Waals surface area contributed by atoms with E-state index in [1.54, 1.807) is 11.8 Å². The first kappa shape index (κ1) is 18.8. The molecule has 1 aliphatic heterocycles. The Kier molecular flexibility index (Phi) is 8.71. The van der Waals surface area contributed by atoms with Crippen molar-refractivity contribution in [3.05, 3.63) is 28.7 Å². The molecular weight excluding hydrogens is 372 g/mol. The number of nitrogens with zero attached hydrogens (tertiary/aromatic N) is 1. The normalized spacial score (nSPS) is 15.6. The molecule has 0 spiro atoms. The topological polar surface area (TPSA) is 46.3 Å². The van der Waals surface area contributed by atoms with E-state index in [-0.39, 0.29) is 24.4 Å². The lowest BCUT2D eigenvalue weighted by Gasteiger charge is -2.30. The molecule has 0 atom stereocenters. The summed E-state index contributed by atoms with van der Waals surface area (Å²) in [6.07, 6.45) is 3.47. The SMILES string of the molecule is Cl.NC1CCN(C(=O)CCCSc2ccc(Br)cc2)CC1. The molecule has 6 heteroatoms. The summed E-state index contributed by atoms with van der Waals surface area (Å²) in [5.74, 6) is 1.27. The number of nitrogens with two attached hydrogens (primary N) is 1. The summed E-state index contributed by atoms with van der Waals surface area (Å²) in [5.41, 5.74) is 5.85. The number of halogens is 2. The minimum Gasteiger partial charge on any atom is -0.343 e. The largest absolute Gasteiger partial charge is 0.343 e. The Balaban J connectivity index is 0.00000220. The average Bonchev–Trinajstić information content (AvgIpc) is 2.46. The highest BCUT2D eigenvalue weighted by Gasteiger charge is 2.19. The van der Waals surface area contributed by atoms with Crippen molar-refractivity contribution in [2.24, 2.45) is 5.73 Å². The molecule has 1 heterocycles. The highest BCUT2D eigenvalue weighted by Crippen LogP contribution is 2.22. The van der Waals surface area contributed by atoms with Crippen LogP contribution in [0.2, 0.25) is 0 Å². The number of carbonyl (C=O) groups excluding carboxylic acids is 1. The van der Waals surface area contributed by atoms with Gasteiger partial charge in [0.2, 0.25) is 5.91 Å². The highest BCUT2D eigenvalue weighted by atomic mass is 79.9. The van der Waals surface area contributed by atoms with Gasteiger partial charge in [0.05, 0.1) is 0 Å². The number of piperidine rings is 1. The summed E-state index contributed by atoms with van der Waals surface area (Å²) in [4.78, 5) is 15.3. The molecule has 2 N–H and O–H groups in total. The van der Waals surface area contributed by atoms with Crippen LogP contribution in [0.1, 0.15) is 25.7 Å². The van der Waals surface area contributed by atoms with Gasteiger partial charge in [-0.2, -0.15) is 0 Å². The molecule has 1 saturated heterocycles. The van der Waals surface area contributed by atoms with Crippen LogP contribution in [0.4, 0.5) is 0 Å². The van der Waals surface area contributed by atoms with Crippen molar-refractivity contribution in [3.63, 3.8) is 0 Å². The second-order valence-electron chi connectivity index (χ2n) is 5.12. The van der Waals surface area contributed by atoms with E-state index in [9.17, 15) is 4.79 Å². The number of carbonyl (C=O) groups is 1. The number of hydrogen-bond donors (Lipinski definition) is 1. The zero-order valence-electron chi connectivity index (χ0n) is 12.0. The van der Waals surface area contributed by atoms with Crippen molar-refractivity contribution < 1.29 is 4.79 Å².